The van der Waals surface area contributed by atoms with Gasteiger partial charge in [-0.3, -0.25) is 9.59 Å². The highest BCUT2D eigenvalue weighted by atomic mass is 16.6. The Bertz CT molecular complexity index is 1200. The van der Waals surface area contributed by atoms with Crippen molar-refractivity contribution >= 4 is 11.9 Å². The molecule has 2 aliphatic heterocycles. The molecule has 4 fully saturated rings. The van der Waals surface area contributed by atoms with E-state index in [0.717, 1.165) is 12.0 Å². The van der Waals surface area contributed by atoms with Crippen LogP contribution in [0.3, 0.4) is 0 Å². The van der Waals surface area contributed by atoms with Crippen molar-refractivity contribution in [3.63, 3.8) is 0 Å². The van der Waals surface area contributed by atoms with Gasteiger partial charge in [0.2, 0.25) is 0 Å². The molecule has 0 bridgehead atoms. The fourth-order valence-electron chi connectivity index (χ4n) is 9.86. The second kappa shape index (κ2) is 9.43. The molecule has 6 rings (SSSR count). The maximum atomic E-state index is 13.2. The number of carbonyl (C=O) groups is 2. The van der Waals surface area contributed by atoms with E-state index in [2.05, 4.69) is 27.7 Å². The molecule has 0 unspecified atom stereocenters. The van der Waals surface area contributed by atoms with Gasteiger partial charge in [0.1, 0.15) is 6.10 Å². The highest BCUT2D eigenvalue weighted by Crippen LogP contribution is 2.73. The molecule has 8 nitrogen and oxygen atoms in total. The Kier molecular flexibility index (Phi) is 6.60. The zero-order valence-corrected chi connectivity index (χ0v) is 24.8. The number of hydrogen-bond acceptors (Lipinski definition) is 8. The molecule has 8 heteroatoms. The quantitative estimate of drug-likeness (QED) is 0.394. The molecule has 3 aliphatic carbocycles. The summed E-state index contributed by atoms with van der Waals surface area (Å²) in [6.45, 7) is 13.0. The van der Waals surface area contributed by atoms with Gasteiger partial charge in [-0.1, -0.05) is 40.2 Å². The molecule has 2 saturated heterocycles. The lowest BCUT2D eigenvalue weighted by Crippen LogP contribution is -2.70. The van der Waals surface area contributed by atoms with Gasteiger partial charge in [0, 0.05) is 47.3 Å². The summed E-state index contributed by atoms with van der Waals surface area (Å²) in [7, 11) is 1.42. The normalized spacial score (nSPS) is 45.3. The lowest BCUT2D eigenvalue weighted by atomic mass is 9.40. The Morgan fingerprint density at radius 1 is 1.18 bits per heavy atom. The Balaban J connectivity index is 1.52. The summed E-state index contributed by atoms with van der Waals surface area (Å²) >= 11 is 0. The van der Waals surface area contributed by atoms with E-state index in [1.54, 1.807) is 12.5 Å². The standard InChI is InChI=1S/C32H44O8/c1-16(2)10-25(35)40-23-13-22(33)30(4)15-38-27-28(30)31(23,5)21(12-24(34)36-7)32(6)26-17(3)19(18-8-9-37-14-18)11-20(26)39-29(27)32/h8-9,14,16,19-23,27-29,33H,10-13,15H2,1-7H3/t19-,20+,21+,22-,23+,27-,28+,29-,30-,31-,32+/m1/s1. The number of ether oxygens (including phenoxy) is 4. The SMILES string of the molecule is COC(=O)C[C@@H]1[C@@]2(C)C3=C(C)[C@H](c4ccoc4)C[C@@H]3O[C@@H]2[C@@H]2OC[C@]3(C)[C@H](O)C[C@H](OC(=O)CC(C)C)[C@]1(C)[C@@H]23. The van der Waals surface area contributed by atoms with Crippen LogP contribution in [-0.2, 0) is 28.5 Å². The number of carbonyl (C=O) groups excluding carboxylic acids is 2. The van der Waals surface area contributed by atoms with Crippen molar-refractivity contribution in [3.8, 4) is 0 Å². The van der Waals surface area contributed by atoms with Gasteiger partial charge in [0.15, 0.2) is 0 Å². The molecule has 3 heterocycles. The predicted octanol–water partition coefficient (Wildman–Crippen LogP) is 4.80. The zero-order valence-electron chi connectivity index (χ0n) is 24.8. The Hall–Kier alpha value is -2.16. The largest absolute Gasteiger partial charge is 0.472 e. The van der Waals surface area contributed by atoms with Gasteiger partial charge in [-0.05, 0) is 42.4 Å². The molecule has 5 aliphatic rings. The fraction of sp³-hybridized carbons (Fsp3) is 0.750. The average Bonchev–Trinajstić information content (AvgIpc) is 3.65. The van der Waals surface area contributed by atoms with E-state index in [0.29, 0.717) is 19.4 Å². The van der Waals surface area contributed by atoms with Gasteiger partial charge < -0.3 is 28.5 Å². The molecule has 40 heavy (non-hydrogen) atoms. The maximum Gasteiger partial charge on any atom is 0.306 e. The highest BCUT2D eigenvalue weighted by Gasteiger charge is 2.78. The number of aliphatic hydroxyl groups excluding tert-OH is 1. The zero-order chi connectivity index (χ0) is 28.8. The molecule has 0 spiro atoms. The van der Waals surface area contributed by atoms with Gasteiger partial charge in [0.05, 0.1) is 50.7 Å². The predicted molar refractivity (Wildman–Crippen MR) is 145 cm³/mol. The molecule has 220 valence electrons. The molecule has 1 N–H and O–H groups in total. The Morgan fingerprint density at radius 2 is 1.93 bits per heavy atom. The van der Waals surface area contributed by atoms with Crippen LogP contribution in [0, 0.1) is 34.0 Å². The monoisotopic (exact) mass is 556 g/mol. The van der Waals surface area contributed by atoms with E-state index in [4.69, 9.17) is 23.4 Å². The fourth-order valence-corrected chi connectivity index (χ4v) is 9.86. The number of aliphatic hydroxyl groups is 1. The summed E-state index contributed by atoms with van der Waals surface area (Å²) in [5, 5.41) is 11.5. The van der Waals surface area contributed by atoms with E-state index in [1.807, 2.05) is 19.9 Å². The second-order valence-corrected chi connectivity index (χ2v) is 14.1. The summed E-state index contributed by atoms with van der Waals surface area (Å²) in [6, 6.07) is 2.01. The smallest absolute Gasteiger partial charge is 0.306 e. The van der Waals surface area contributed by atoms with Crippen LogP contribution in [0.25, 0.3) is 0 Å². The molecule has 1 aromatic heterocycles. The van der Waals surface area contributed by atoms with E-state index in [-0.39, 0.29) is 60.3 Å². The van der Waals surface area contributed by atoms with Crippen molar-refractivity contribution in [3.05, 3.63) is 35.3 Å². The molecule has 0 amide bonds. The Morgan fingerprint density at radius 3 is 2.58 bits per heavy atom. The van der Waals surface area contributed by atoms with Crippen LogP contribution < -0.4 is 0 Å². The number of allylic oxidation sites excluding steroid dienone is 1. The number of rotatable bonds is 6. The van der Waals surface area contributed by atoms with Gasteiger partial charge >= 0.3 is 11.9 Å². The van der Waals surface area contributed by atoms with Crippen molar-refractivity contribution in [2.75, 3.05) is 13.7 Å². The third-order valence-corrected chi connectivity index (χ3v) is 11.6. The molecule has 1 aromatic rings. The van der Waals surface area contributed by atoms with Gasteiger partial charge in [-0.25, -0.2) is 0 Å². The van der Waals surface area contributed by atoms with E-state index in [1.165, 1.54) is 18.3 Å². The first-order chi connectivity index (χ1) is 18.9. The molecular weight excluding hydrogens is 512 g/mol. The van der Waals surface area contributed by atoms with Crippen LogP contribution in [0.2, 0.25) is 0 Å². The first-order valence-corrected chi connectivity index (χ1v) is 14.8. The molecular formula is C32H44O8. The van der Waals surface area contributed by atoms with Gasteiger partial charge in [0.25, 0.3) is 0 Å². The topological polar surface area (TPSA) is 104 Å². The number of fused-ring (bicyclic) bond motifs is 4. The summed E-state index contributed by atoms with van der Waals surface area (Å²) in [6.07, 6.45) is 3.10. The lowest BCUT2D eigenvalue weighted by Gasteiger charge is -2.65. The summed E-state index contributed by atoms with van der Waals surface area (Å²) < 4.78 is 30.6. The summed E-state index contributed by atoms with van der Waals surface area (Å²) in [5.41, 5.74) is 1.82. The summed E-state index contributed by atoms with van der Waals surface area (Å²) in [5.74, 6) is -0.678. The number of esters is 2. The minimum Gasteiger partial charge on any atom is -0.472 e. The van der Waals surface area contributed by atoms with Crippen LogP contribution >= 0.6 is 0 Å². The summed E-state index contributed by atoms with van der Waals surface area (Å²) in [4.78, 5) is 26.3. The van der Waals surface area contributed by atoms with E-state index < -0.39 is 28.5 Å². The van der Waals surface area contributed by atoms with Crippen LogP contribution in [0.5, 0.6) is 0 Å². The van der Waals surface area contributed by atoms with Gasteiger partial charge in [-0.15, -0.1) is 0 Å². The minimum atomic E-state index is -0.706. The highest BCUT2D eigenvalue weighted by molar-refractivity contribution is 5.71. The van der Waals surface area contributed by atoms with Crippen molar-refractivity contribution in [2.45, 2.75) is 104 Å². The van der Waals surface area contributed by atoms with Crippen LogP contribution in [0.1, 0.15) is 78.7 Å². The number of methoxy groups -OCH3 is 1. The van der Waals surface area contributed by atoms with Crippen LogP contribution in [0.4, 0.5) is 0 Å². The minimum absolute atomic E-state index is 0.110. The lowest BCUT2D eigenvalue weighted by molar-refractivity contribution is -0.249. The van der Waals surface area contributed by atoms with Crippen molar-refractivity contribution < 1.29 is 38.1 Å². The third kappa shape index (κ3) is 3.67. The molecule has 2 saturated carbocycles. The first kappa shape index (κ1) is 28.0. The number of furan rings is 1. The molecule has 0 aromatic carbocycles. The second-order valence-electron chi connectivity index (χ2n) is 14.1. The maximum absolute atomic E-state index is 13.2. The van der Waals surface area contributed by atoms with Crippen molar-refractivity contribution in [1.82, 2.24) is 0 Å². The van der Waals surface area contributed by atoms with E-state index in [9.17, 15) is 14.7 Å². The average molecular weight is 557 g/mol. The van der Waals surface area contributed by atoms with Crippen molar-refractivity contribution in [2.24, 2.45) is 34.0 Å². The van der Waals surface area contributed by atoms with Crippen LogP contribution in [0.15, 0.2) is 34.2 Å². The van der Waals surface area contributed by atoms with E-state index >= 15 is 0 Å². The third-order valence-electron chi connectivity index (χ3n) is 11.6. The van der Waals surface area contributed by atoms with Crippen molar-refractivity contribution in [1.29, 1.82) is 0 Å². The van der Waals surface area contributed by atoms with Crippen LogP contribution in [-0.4, -0.2) is 61.3 Å². The van der Waals surface area contributed by atoms with Gasteiger partial charge in [-0.2, -0.15) is 0 Å². The number of hydrogen-bond donors (Lipinski definition) is 1. The first-order valence-electron chi connectivity index (χ1n) is 14.8. The molecule has 0 radical (unpaired) electrons. The Labute approximate surface area is 236 Å². The molecule has 11 atom stereocenters.